The molecule has 2 aromatic heterocycles. The first-order valence-corrected chi connectivity index (χ1v) is 7.58. The molecule has 0 spiro atoms. The molecule has 0 bridgehead atoms. The highest BCUT2D eigenvalue weighted by Crippen LogP contribution is 2.33. The summed E-state index contributed by atoms with van der Waals surface area (Å²) in [7, 11) is 0. The number of rotatable bonds is 5. The Bertz CT molecular complexity index is 628. The summed E-state index contributed by atoms with van der Waals surface area (Å²) in [5, 5.41) is 6.09. The number of nitrogens with zero attached hydrogens (tertiary/aromatic N) is 2. The number of pyridine rings is 1. The van der Waals surface area contributed by atoms with Gasteiger partial charge >= 0.3 is 0 Å². The van der Waals surface area contributed by atoms with E-state index < -0.39 is 0 Å². The molecule has 100 valence electrons. The number of anilines is 1. The van der Waals surface area contributed by atoms with E-state index in [1.807, 2.05) is 28.3 Å². The summed E-state index contributed by atoms with van der Waals surface area (Å²) in [4.78, 5) is 16.9. The van der Waals surface area contributed by atoms with Gasteiger partial charge in [0.25, 0.3) is 5.56 Å². The van der Waals surface area contributed by atoms with Gasteiger partial charge < -0.3 is 9.88 Å². The minimum absolute atomic E-state index is 0.0809. The van der Waals surface area contributed by atoms with Gasteiger partial charge in [-0.2, -0.15) is 0 Å². The quantitative estimate of drug-likeness (QED) is 0.912. The average Bonchev–Trinajstić information content (AvgIpc) is 3.15. The van der Waals surface area contributed by atoms with Crippen LogP contribution in [0.3, 0.4) is 0 Å². The summed E-state index contributed by atoms with van der Waals surface area (Å²) in [5.41, 5.74) is 1.57. The zero-order valence-electron chi connectivity index (χ0n) is 10.9. The summed E-state index contributed by atoms with van der Waals surface area (Å²) in [6.45, 7) is 3.03. The summed E-state index contributed by atoms with van der Waals surface area (Å²) in [5.74, 6) is 0. The van der Waals surface area contributed by atoms with Crippen molar-refractivity contribution in [3.05, 3.63) is 34.1 Å². The van der Waals surface area contributed by atoms with Crippen molar-refractivity contribution in [1.82, 2.24) is 9.55 Å². The molecular formula is C14H17N3OS. The third-order valence-corrected chi connectivity index (χ3v) is 4.02. The van der Waals surface area contributed by atoms with Crippen molar-refractivity contribution >= 4 is 16.5 Å². The first-order valence-electron chi connectivity index (χ1n) is 6.70. The fourth-order valence-electron chi connectivity index (χ4n) is 2.06. The predicted octanol–water partition coefficient (Wildman–Crippen LogP) is 3.13. The molecule has 0 saturated heterocycles. The minimum atomic E-state index is 0.0809. The molecule has 0 radical (unpaired) electrons. The van der Waals surface area contributed by atoms with Crippen molar-refractivity contribution in [2.45, 2.75) is 32.2 Å². The number of aromatic nitrogens is 2. The van der Waals surface area contributed by atoms with Crippen LogP contribution in [-0.2, 0) is 0 Å². The molecule has 2 heterocycles. The van der Waals surface area contributed by atoms with Crippen molar-refractivity contribution in [1.29, 1.82) is 0 Å². The standard InChI is InChI=1S/C14H17N3OS/c1-2-7-15-14-16-12(9-19-14)11-4-3-8-17(13(11)18)10-5-6-10/h3-4,8-10H,2,5-7H2,1H3,(H,15,16). The third kappa shape index (κ3) is 2.56. The van der Waals surface area contributed by atoms with Crippen LogP contribution in [0.5, 0.6) is 0 Å². The molecule has 0 aromatic carbocycles. The molecule has 0 amide bonds. The monoisotopic (exact) mass is 275 g/mol. The fraction of sp³-hybridized carbons (Fsp3) is 0.429. The van der Waals surface area contributed by atoms with Gasteiger partial charge in [0.2, 0.25) is 0 Å². The van der Waals surface area contributed by atoms with Crippen LogP contribution >= 0.6 is 11.3 Å². The van der Waals surface area contributed by atoms with Gasteiger partial charge in [0.05, 0.1) is 11.3 Å². The molecule has 0 aliphatic heterocycles. The Kier molecular flexibility index (Phi) is 3.38. The Labute approximate surface area is 116 Å². The second-order valence-electron chi connectivity index (χ2n) is 4.83. The zero-order chi connectivity index (χ0) is 13.2. The highest BCUT2D eigenvalue weighted by atomic mass is 32.1. The van der Waals surface area contributed by atoms with E-state index in [2.05, 4.69) is 17.2 Å². The molecule has 0 unspecified atom stereocenters. The molecule has 1 saturated carbocycles. The Morgan fingerprint density at radius 3 is 3.11 bits per heavy atom. The normalized spacial score (nSPS) is 14.6. The Hall–Kier alpha value is -1.62. The molecule has 1 N–H and O–H groups in total. The van der Waals surface area contributed by atoms with Crippen molar-refractivity contribution in [2.24, 2.45) is 0 Å². The van der Waals surface area contributed by atoms with Crippen molar-refractivity contribution in [3.8, 4) is 11.3 Å². The number of hydrogen-bond acceptors (Lipinski definition) is 4. The second-order valence-corrected chi connectivity index (χ2v) is 5.69. The van der Waals surface area contributed by atoms with Crippen molar-refractivity contribution < 1.29 is 0 Å². The molecule has 5 heteroatoms. The van der Waals surface area contributed by atoms with Crippen LogP contribution in [0.25, 0.3) is 11.3 Å². The number of thiazole rings is 1. The number of hydrogen-bond donors (Lipinski definition) is 1. The van der Waals surface area contributed by atoms with Gasteiger partial charge in [0.15, 0.2) is 5.13 Å². The molecule has 0 atom stereocenters. The lowest BCUT2D eigenvalue weighted by Crippen LogP contribution is -2.19. The van der Waals surface area contributed by atoms with Gasteiger partial charge in [-0.1, -0.05) is 6.92 Å². The summed E-state index contributed by atoms with van der Waals surface area (Å²) >= 11 is 1.55. The predicted molar refractivity (Wildman–Crippen MR) is 78.9 cm³/mol. The molecule has 1 aliphatic rings. The molecule has 1 fully saturated rings. The topological polar surface area (TPSA) is 46.9 Å². The summed E-state index contributed by atoms with van der Waals surface area (Å²) in [6, 6.07) is 4.21. The van der Waals surface area contributed by atoms with Gasteiger partial charge in [0.1, 0.15) is 0 Å². The fourth-order valence-corrected chi connectivity index (χ4v) is 2.80. The number of nitrogens with one attached hydrogen (secondary N) is 1. The lowest BCUT2D eigenvalue weighted by atomic mass is 10.2. The van der Waals surface area contributed by atoms with Crippen molar-refractivity contribution in [3.63, 3.8) is 0 Å². The molecule has 4 nitrogen and oxygen atoms in total. The largest absolute Gasteiger partial charge is 0.362 e. The maximum atomic E-state index is 12.4. The molecular weight excluding hydrogens is 258 g/mol. The van der Waals surface area contributed by atoms with Crippen LogP contribution in [0.4, 0.5) is 5.13 Å². The average molecular weight is 275 g/mol. The summed E-state index contributed by atoms with van der Waals surface area (Å²) in [6.07, 6.45) is 5.17. The zero-order valence-corrected chi connectivity index (χ0v) is 11.7. The van der Waals surface area contributed by atoms with Gasteiger partial charge in [-0.15, -0.1) is 11.3 Å². The van der Waals surface area contributed by atoms with Crippen LogP contribution in [-0.4, -0.2) is 16.1 Å². The molecule has 19 heavy (non-hydrogen) atoms. The van der Waals surface area contributed by atoms with Crippen molar-refractivity contribution in [2.75, 3.05) is 11.9 Å². The first-order chi connectivity index (χ1) is 9.29. The van der Waals surface area contributed by atoms with Crippen LogP contribution in [0.1, 0.15) is 32.2 Å². The lowest BCUT2D eigenvalue weighted by molar-refractivity contribution is 0.709. The maximum Gasteiger partial charge on any atom is 0.260 e. The highest BCUT2D eigenvalue weighted by Gasteiger charge is 2.25. The Morgan fingerprint density at radius 2 is 2.37 bits per heavy atom. The van der Waals surface area contributed by atoms with E-state index in [0.717, 1.165) is 36.6 Å². The first kappa shape index (κ1) is 12.4. The Morgan fingerprint density at radius 1 is 1.53 bits per heavy atom. The smallest absolute Gasteiger partial charge is 0.260 e. The van der Waals surface area contributed by atoms with E-state index in [0.29, 0.717) is 11.6 Å². The maximum absolute atomic E-state index is 12.4. The van der Waals surface area contributed by atoms with Gasteiger partial charge in [-0.25, -0.2) is 4.98 Å². The van der Waals surface area contributed by atoms with Gasteiger partial charge in [-0.3, -0.25) is 4.79 Å². The van der Waals surface area contributed by atoms with Gasteiger partial charge in [-0.05, 0) is 31.4 Å². The highest BCUT2D eigenvalue weighted by molar-refractivity contribution is 7.14. The van der Waals surface area contributed by atoms with E-state index in [9.17, 15) is 4.79 Å². The van der Waals surface area contributed by atoms with E-state index in [1.165, 1.54) is 0 Å². The lowest BCUT2D eigenvalue weighted by Gasteiger charge is -2.04. The minimum Gasteiger partial charge on any atom is -0.362 e. The van der Waals surface area contributed by atoms with E-state index in [-0.39, 0.29) is 5.56 Å². The van der Waals surface area contributed by atoms with E-state index in [4.69, 9.17) is 0 Å². The molecule has 3 rings (SSSR count). The van der Waals surface area contributed by atoms with E-state index >= 15 is 0 Å². The third-order valence-electron chi connectivity index (χ3n) is 3.22. The van der Waals surface area contributed by atoms with Gasteiger partial charge in [0, 0.05) is 24.2 Å². The molecule has 2 aromatic rings. The Balaban J connectivity index is 1.91. The summed E-state index contributed by atoms with van der Waals surface area (Å²) < 4.78 is 1.84. The SMILES string of the molecule is CCCNc1nc(-c2cccn(C3CC3)c2=O)cs1. The van der Waals surface area contributed by atoms with E-state index in [1.54, 1.807) is 11.3 Å². The van der Waals surface area contributed by atoms with Crippen LogP contribution in [0.15, 0.2) is 28.5 Å². The second kappa shape index (κ2) is 5.17. The van der Waals surface area contributed by atoms with Crippen LogP contribution < -0.4 is 10.9 Å². The van der Waals surface area contributed by atoms with Crippen LogP contribution in [0, 0.1) is 0 Å². The van der Waals surface area contributed by atoms with Crippen LogP contribution in [0.2, 0.25) is 0 Å². The molecule has 1 aliphatic carbocycles.